The molecule has 1 saturated carbocycles. The van der Waals surface area contributed by atoms with Crippen LogP contribution in [0.4, 0.5) is 0 Å². The highest BCUT2D eigenvalue weighted by atomic mass is 32.1. The lowest BCUT2D eigenvalue weighted by Gasteiger charge is -2.11. The number of nitrogens with zero attached hydrogens (tertiary/aromatic N) is 2. The molecular weight excluding hydrogens is 338 g/mol. The number of aromatic nitrogens is 2. The summed E-state index contributed by atoms with van der Waals surface area (Å²) >= 11 is 1.35. The molecule has 2 heterocycles. The summed E-state index contributed by atoms with van der Waals surface area (Å²) in [5, 5.41) is 17.4. The zero-order chi connectivity index (χ0) is 17.6. The van der Waals surface area contributed by atoms with Crippen molar-refractivity contribution in [3.63, 3.8) is 0 Å². The summed E-state index contributed by atoms with van der Waals surface area (Å²) in [5.41, 5.74) is 0.924. The number of hydrogen-bond acceptors (Lipinski definition) is 4. The number of aryl methyl sites for hydroxylation is 1. The first-order valence-corrected chi connectivity index (χ1v) is 8.87. The standard InChI is InChI=1S/C18H17N3O3S/c1-11-13-9-14(15(22)19-18(7-8-18)17(23)24)25-16(13)21(20-11)10-12-5-3-2-4-6-12/h2-6,9H,7-8,10H2,1H3,(H,19,22)(H,23,24). The third-order valence-electron chi connectivity index (χ3n) is 4.52. The van der Waals surface area contributed by atoms with Gasteiger partial charge in [-0.05, 0) is 31.4 Å². The highest BCUT2D eigenvalue weighted by molar-refractivity contribution is 7.20. The number of hydrogen-bond donors (Lipinski definition) is 2. The minimum Gasteiger partial charge on any atom is -0.480 e. The lowest BCUT2D eigenvalue weighted by molar-refractivity contribution is -0.140. The van der Waals surface area contributed by atoms with Crippen LogP contribution in [0.5, 0.6) is 0 Å². The Morgan fingerprint density at radius 1 is 1.32 bits per heavy atom. The predicted octanol–water partition coefficient (Wildman–Crippen LogP) is 2.80. The van der Waals surface area contributed by atoms with Gasteiger partial charge in [0.05, 0.1) is 17.1 Å². The number of amides is 1. The Hall–Kier alpha value is -2.67. The Bertz CT molecular complexity index is 970. The smallest absolute Gasteiger partial charge is 0.329 e. The van der Waals surface area contributed by atoms with Crippen LogP contribution in [0, 0.1) is 6.92 Å². The Morgan fingerprint density at radius 3 is 2.68 bits per heavy atom. The third-order valence-corrected chi connectivity index (χ3v) is 5.67. The average molecular weight is 355 g/mol. The summed E-state index contributed by atoms with van der Waals surface area (Å²) in [6.07, 6.45) is 0.972. The second kappa shape index (κ2) is 5.70. The third kappa shape index (κ3) is 2.80. The van der Waals surface area contributed by atoms with Gasteiger partial charge in [-0.25, -0.2) is 4.79 Å². The van der Waals surface area contributed by atoms with E-state index in [0.717, 1.165) is 21.5 Å². The summed E-state index contributed by atoms with van der Waals surface area (Å²) in [4.78, 5) is 25.2. The molecule has 7 heteroatoms. The second-order valence-electron chi connectivity index (χ2n) is 6.40. The Balaban J connectivity index is 1.63. The molecule has 0 saturated heterocycles. The molecule has 2 aromatic heterocycles. The van der Waals surface area contributed by atoms with Crippen LogP contribution in [0.25, 0.3) is 10.2 Å². The molecule has 0 atom stereocenters. The van der Waals surface area contributed by atoms with Crippen LogP contribution in [0.1, 0.15) is 33.8 Å². The number of carboxylic acids is 1. The van der Waals surface area contributed by atoms with Crippen molar-refractivity contribution in [1.82, 2.24) is 15.1 Å². The van der Waals surface area contributed by atoms with Crippen molar-refractivity contribution in [2.45, 2.75) is 31.8 Å². The molecule has 2 N–H and O–H groups in total. The Morgan fingerprint density at radius 2 is 2.04 bits per heavy atom. The lowest BCUT2D eigenvalue weighted by atomic mass is 10.2. The van der Waals surface area contributed by atoms with Gasteiger partial charge in [-0.2, -0.15) is 5.10 Å². The highest BCUT2D eigenvalue weighted by Crippen LogP contribution is 2.37. The van der Waals surface area contributed by atoms with Crippen molar-refractivity contribution in [3.8, 4) is 0 Å². The molecule has 6 nitrogen and oxygen atoms in total. The molecule has 0 unspecified atom stereocenters. The van der Waals surface area contributed by atoms with Gasteiger partial charge in [0.25, 0.3) is 5.91 Å². The fourth-order valence-corrected chi connectivity index (χ4v) is 3.94. The van der Waals surface area contributed by atoms with Gasteiger partial charge in [0.2, 0.25) is 0 Å². The fourth-order valence-electron chi connectivity index (χ4n) is 2.88. The molecule has 1 aromatic carbocycles. The predicted molar refractivity (Wildman–Crippen MR) is 95.0 cm³/mol. The molecule has 0 aliphatic heterocycles. The van der Waals surface area contributed by atoms with Crippen molar-refractivity contribution in [2.24, 2.45) is 0 Å². The summed E-state index contributed by atoms with van der Waals surface area (Å²) in [7, 11) is 0. The zero-order valence-electron chi connectivity index (χ0n) is 13.7. The van der Waals surface area contributed by atoms with Gasteiger partial charge in [0.1, 0.15) is 10.4 Å². The Kier molecular flexibility index (Phi) is 3.61. The minimum absolute atomic E-state index is 0.327. The molecule has 3 aromatic rings. The molecule has 1 aliphatic carbocycles. The van der Waals surface area contributed by atoms with Crippen molar-refractivity contribution in [1.29, 1.82) is 0 Å². The van der Waals surface area contributed by atoms with E-state index in [1.807, 2.05) is 41.9 Å². The van der Waals surface area contributed by atoms with Crippen LogP contribution in [-0.2, 0) is 11.3 Å². The second-order valence-corrected chi connectivity index (χ2v) is 7.43. The van der Waals surface area contributed by atoms with E-state index in [9.17, 15) is 14.7 Å². The van der Waals surface area contributed by atoms with Crippen molar-refractivity contribution in [2.75, 3.05) is 0 Å². The number of carboxylic acid groups (broad SMARTS) is 1. The largest absolute Gasteiger partial charge is 0.480 e. The first-order chi connectivity index (χ1) is 12.0. The summed E-state index contributed by atoms with van der Waals surface area (Å²) in [6.45, 7) is 2.55. The van der Waals surface area contributed by atoms with Gasteiger partial charge in [0, 0.05) is 5.39 Å². The molecule has 0 spiro atoms. The summed E-state index contributed by atoms with van der Waals surface area (Å²) < 4.78 is 1.89. The topological polar surface area (TPSA) is 84.2 Å². The molecule has 128 valence electrons. The van der Waals surface area contributed by atoms with Crippen molar-refractivity contribution in [3.05, 3.63) is 52.5 Å². The quantitative estimate of drug-likeness (QED) is 0.737. The van der Waals surface area contributed by atoms with E-state index in [-0.39, 0.29) is 5.91 Å². The van der Waals surface area contributed by atoms with Crippen LogP contribution in [-0.4, -0.2) is 32.3 Å². The molecule has 1 amide bonds. The van der Waals surface area contributed by atoms with Crippen LogP contribution < -0.4 is 5.32 Å². The van der Waals surface area contributed by atoms with Crippen LogP contribution in [0.3, 0.4) is 0 Å². The van der Waals surface area contributed by atoms with Gasteiger partial charge in [-0.1, -0.05) is 30.3 Å². The van der Waals surface area contributed by atoms with E-state index in [1.54, 1.807) is 6.07 Å². The van der Waals surface area contributed by atoms with Crippen LogP contribution in [0.15, 0.2) is 36.4 Å². The van der Waals surface area contributed by atoms with Gasteiger partial charge < -0.3 is 10.4 Å². The maximum absolute atomic E-state index is 12.5. The van der Waals surface area contributed by atoms with Gasteiger partial charge in [0.15, 0.2) is 0 Å². The molecule has 4 rings (SSSR count). The molecular formula is C18H17N3O3S. The van der Waals surface area contributed by atoms with E-state index in [0.29, 0.717) is 24.3 Å². The number of fused-ring (bicyclic) bond motifs is 1. The number of benzene rings is 1. The zero-order valence-corrected chi connectivity index (χ0v) is 14.5. The summed E-state index contributed by atoms with van der Waals surface area (Å²) in [5.74, 6) is -1.29. The van der Waals surface area contributed by atoms with E-state index in [4.69, 9.17) is 0 Å². The number of carbonyl (C=O) groups excluding carboxylic acids is 1. The monoisotopic (exact) mass is 355 g/mol. The number of aliphatic carboxylic acids is 1. The average Bonchev–Trinajstić information content (AvgIpc) is 3.14. The van der Waals surface area contributed by atoms with Crippen LogP contribution >= 0.6 is 11.3 Å². The van der Waals surface area contributed by atoms with Gasteiger partial charge in [-0.15, -0.1) is 11.3 Å². The van der Waals surface area contributed by atoms with Crippen molar-refractivity contribution >= 4 is 33.4 Å². The SMILES string of the molecule is Cc1nn(Cc2ccccc2)c2sc(C(=O)NC3(C(=O)O)CC3)cc12. The van der Waals surface area contributed by atoms with E-state index < -0.39 is 11.5 Å². The fraction of sp³-hybridized carbons (Fsp3) is 0.278. The molecule has 0 radical (unpaired) electrons. The Labute approximate surface area is 148 Å². The molecule has 1 aliphatic rings. The first-order valence-electron chi connectivity index (χ1n) is 8.05. The number of rotatable bonds is 5. The lowest BCUT2D eigenvalue weighted by Crippen LogP contribution is -2.42. The van der Waals surface area contributed by atoms with E-state index in [1.165, 1.54) is 11.3 Å². The number of thiophene rings is 1. The number of carbonyl (C=O) groups is 2. The maximum atomic E-state index is 12.5. The maximum Gasteiger partial charge on any atom is 0.329 e. The minimum atomic E-state index is -1.07. The highest BCUT2D eigenvalue weighted by Gasteiger charge is 2.51. The van der Waals surface area contributed by atoms with E-state index in [2.05, 4.69) is 10.4 Å². The van der Waals surface area contributed by atoms with E-state index >= 15 is 0 Å². The van der Waals surface area contributed by atoms with Gasteiger partial charge >= 0.3 is 5.97 Å². The number of nitrogens with one attached hydrogen (secondary N) is 1. The molecule has 25 heavy (non-hydrogen) atoms. The first kappa shape index (κ1) is 15.8. The normalized spacial score (nSPS) is 15.2. The van der Waals surface area contributed by atoms with Gasteiger partial charge in [-0.3, -0.25) is 9.48 Å². The van der Waals surface area contributed by atoms with Crippen LogP contribution in [0.2, 0.25) is 0 Å². The van der Waals surface area contributed by atoms with Crippen molar-refractivity contribution < 1.29 is 14.7 Å². The molecule has 1 fully saturated rings. The summed E-state index contributed by atoms with van der Waals surface area (Å²) in [6, 6.07) is 11.8. The molecule has 0 bridgehead atoms.